The topological polar surface area (TPSA) is 32.8 Å². The number of amides is 1. The Bertz CT molecular complexity index is 1030. The van der Waals surface area contributed by atoms with Crippen LogP contribution in [0.4, 0.5) is 5.69 Å². The maximum atomic E-state index is 13.2. The van der Waals surface area contributed by atoms with Gasteiger partial charge in [-0.2, -0.15) is 0 Å². The van der Waals surface area contributed by atoms with Gasteiger partial charge in [0.25, 0.3) is 0 Å². The monoisotopic (exact) mass is 414 g/mol. The van der Waals surface area contributed by atoms with E-state index < -0.39 is 0 Å². The zero-order valence-corrected chi connectivity index (χ0v) is 18.4. The van der Waals surface area contributed by atoms with Crippen LogP contribution in [0.2, 0.25) is 0 Å². The van der Waals surface area contributed by atoms with Crippen LogP contribution < -0.4 is 4.90 Å². The van der Waals surface area contributed by atoms with Gasteiger partial charge in [0.1, 0.15) is 0 Å². The van der Waals surface area contributed by atoms with Crippen molar-refractivity contribution >= 4 is 17.2 Å². The standard InChI is InChI=1S/C27H30N2O2/c1-3-6-26(30)29-19(2)17-24-23-8-5-4-7-21(23)18-25(24)27(29)20-9-11-22(12-10-20)28-13-15-31-16-14-28/h3-12,19,27H,13-18H2,1-2H3/b6-3+/t19-,27-/m0/s1. The van der Waals surface area contributed by atoms with E-state index in [0.29, 0.717) is 0 Å². The highest BCUT2D eigenvalue weighted by Gasteiger charge is 2.40. The van der Waals surface area contributed by atoms with Crippen molar-refractivity contribution in [1.82, 2.24) is 4.90 Å². The number of carbonyl (C=O) groups is 1. The zero-order chi connectivity index (χ0) is 21.4. The maximum absolute atomic E-state index is 13.2. The molecule has 3 aliphatic rings. The highest BCUT2D eigenvalue weighted by atomic mass is 16.5. The Labute approximate surface area is 184 Å². The summed E-state index contributed by atoms with van der Waals surface area (Å²) in [7, 11) is 0. The summed E-state index contributed by atoms with van der Waals surface area (Å²) in [4.78, 5) is 17.6. The molecule has 2 atom stereocenters. The number of rotatable bonds is 3. The number of benzene rings is 2. The summed E-state index contributed by atoms with van der Waals surface area (Å²) in [6.45, 7) is 7.51. The molecule has 0 unspecified atom stereocenters. The van der Waals surface area contributed by atoms with Crippen molar-refractivity contribution in [3.05, 3.63) is 82.9 Å². The number of allylic oxidation sites excluding steroid dienone is 1. The van der Waals surface area contributed by atoms with Gasteiger partial charge in [-0.15, -0.1) is 0 Å². The van der Waals surface area contributed by atoms with Crippen molar-refractivity contribution in [3.8, 4) is 0 Å². The van der Waals surface area contributed by atoms with Crippen LogP contribution in [-0.4, -0.2) is 43.2 Å². The Kier molecular flexibility index (Phi) is 5.41. The molecule has 4 heteroatoms. The lowest BCUT2D eigenvalue weighted by Gasteiger charge is -2.42. The van der Waals surface area contributed by atoms with Crippen LogP contribution in [0.3, 0.4) is 0 Å². The summed E-state index contributed by atoms with van der Waals surface area (Å²) in [6.07, 6.45) is 5.39. The van der Waals surface area contributed by atoms with Crippen LogP contribution in [0.25, 0.3) is 5.57 Å². The van der Waals surface area contributed by atoms with E-state index in [1.165, 1.54) is 33.5 Å². The van der Waals surface area contributed by atoms with Crippen LogP contribution in [0.1, 0.15) is 43.0 Å². The lowest BCUT2D eigenvalue weighted by Crippen LogP contribution is -2.44. The summed E-state index contributed by atoms with van der Waals surface area (Å²) >= 11 is 0. The molecule has 0 saturated carbocycles. The quantitative estimate of drug-likeness (QED) is 0.678. The number of nitrogens with zero attached hydrogens (tertiary/aromatic N) is 2. The first-order chi connectivity index (χ1) is 15.2. The number of hydrogen-bond donors (Lipinski definition) is 0. The van der Waals surface area contributed by atoms with Gasteiger partial charge in [-0.25, -0.2) is 0 Å². The number of morpholine rings is 1. The number of fused-ring (bicyclic) bond motifs is 2. The molecule has 2 aromatic rings. The van der Waals surface area contributed by atoms with Gasteiger partial charge in [0, 0.05) is 24.8 Å². The second kappa shape index (κ2) is 8.35. The molecule has 0 spiro atoms. The molecule has 0 radical (unpaired) electrons. The molecule has 0 bridgehead atoms. The van der Waals surface area contributed by atoms with Gasteiger partial charge in [0.05, 0.1) is 19.3 Å². The molecule has 2 aliphatic heterocycles. The van der Waals surface area contributed by atoms with E-state index in [2.05, 4.69) is 65.3 Å². The van der Waals surface area contributed by atoms with Crippen LogP contribution in [0.15, 0.2) is 66.3 Å². The summed E-state index contributed by atoms with van der Waals surface area (Å²) in [5.74, 6) is 0.0970. The van der Waals surface area contributed by atoms with Crippen molar-refractivity contribution in [3.63, 3.8) is 0 Å². The SMILES string of the molecule is C/C=C/C(=O)N1[C@@H](c2ccc(N3CCOCC3)cc2)C2=C(C[C@@H]1C)c1ccccc1C2. The predicted octanol–water partition coefficient (Wildman–Crippen LogP) is 4.77. The first-order valence-electron chi connectivity index (χ1n) is 11.3. The average Bonchev–Trinajstić information content (AvgIpc) is 3.17. The fourth-order valence-electron chi connectivity index (χ4n) is 5.40. The summed E-state index contributed by atoms with van der Waals surface area (Å²) in [5.41, 5.74) is 8.01. The van der Waals surface area contributed by atoms with E-state index >= 15 is 0 Å². The van der Waals surface area contributed by atoms with E-state index in [1.54, 1.807) is 6.08 Å². The minimum atomic E-state index is -0.0198. The van der Waals surface area contributed by atoms with Gasteiger partial charge in [0.15, 0.2) is 0 Å². The molecule has 2 heterocycles. The second-order valence-corrected chi connectivity index (χ2v) is 8.73. The Hall–Kier alpha value is -2.85. The third-order valence-electron chi connectivity index (χ3n) is 6.84. The fourth-order valence-corrected chi connectivity index (χ4v) is 5.40. The number of hydrogen-bond acceptors (Lipinski definition) is 3. The van der Waals surface area contributed by atoms with Crippen LogP contribution in [-0.2, 0) is 16.0 Å². The molecule has 4 nitrogen and oxygen atoms in total. The molecule has 1 saturated heterocycles. The van der Waals surface area contributed by atoms with Crippen LogP contribution >= 0.6 is 0 Å². The summed E-state index contributed by atoms with van der Waals surface area (Å²) < 4.78 is 5.50. The highest BCUT2D eigenvalue weighted by Crippen LogP contribution is 2.48. The second-order valence-electron chi connectivity index (χ2n) is 8.73. The molecule has 5 rings (SSSR count). The van der Waals surface area contributed by atoms with E-state index in [9.17, 15) is 4.79 Å². The predicted molar refractivity (Wildman–Crippen MR) is 125 cm³/mol. The lowest BCUT2D eigenvalue weighted by atomic mass is 9.85. The third kappa shape index (κ3) is 3.59. The summed E-state index contributed by atoms with van der Waals surface area (Å²) in [5, 5.41) is 0. The van der Waals surface area contributed by atoms with Gasteiger partial charge in [0.2, 0.25) is 5.91 Å². The van der Waals surface area contributed by atoms with Gasteiger partial charge in [-0.05, 0) is 72.7 Å². The van der Waals surface area contributed by atoms with Crippen molar-refractivity contribution in [1.29, 1.82) is 0 Å². The molecule has 0 N–H and O–H groups in total. The number of ether oxygens (including phenoxy) is 1. The van der Waals surface area contributed by atoms with E-state index in [0.717, 1.165) is 39.1 Å². The van der Waals surface area contributed by atoms with E-state index in [4.69, 9.17) is 4.74 Å². The van der Waals surface area contributed by atoms with E-state index in [-0.39, 0.29) is 18.0 Å². The van der Waals surface area contributed by atoms with Crippen molar-refractivity contribution in [2.75, 3.05) is 31.2 Å². The molecule has 0 aromatic heterocycles. The molecular weight excluding hydrogens is 384 g/mol. The molecule has 160 valence electrons. The molecular formula is C27H30N2O2. The Morgan fingerprint density at radius 3 is 2.55 bits per heavy atom. The number of carbonyl (C=O) groups excluding carboxylic acids is 1. The minimum Gasteiger partial charge on any atom is -0.378 e. The largest absolute Gasteiger partial charge is 0.378 e. The fraction of sp³-hybridized carbons (Fsp3) is 0.370. The van der Waals surface area contributed by atoms with Crippen LogP contribution in [0.5, 0.6) is 0 Å². The van der Waals surface area contributed by atoms with Crippen LogP contribution in [0, 0.1) is 0 Å². The molecule has 1 amide bonds. The van der Waals surface area contributed by atoms with E-state index in [1.807, 2.05) is 13.0 Å². The number of anilines is 1. The smallest absolute Gasteiger partial charge is 0.247 e. The first-order valence-corrected chi connectivity index (χ1v) is 11.3. The van der Waals surface area contributed by atoms with Gasteiger partial charge in [-0.1, -0.05) is 42.5 Å². The third-order valence-corrected chi connectivity index (χ3v) is 6.84. The molecule has 1 fully saturated rings. The first kappa shape index (κ1) is 20.1. The van der Waals surface area contributed by atoms with Gasteiger partial charge >= 0.3 is 0 Å². The molecule has 31 heavy (non-hydrogen) atoms. The summed E-state index contributed by atoms with van der Waals surface area (Å²) in [6, 6.07) is 17.7. The van der Waals surface area contributed by atoms with Gasteiger partial charge < -0.3 is 14.5 Å². The van der Waals surface area contributed by atoms with Crippen molar-refractivity contribution in [2.45, 2.75) is 38.8 Å². The normalized spacial score (nSPS) is 23.3. The van der Waals surface area contributed by atoms with Gasteiger partial charge in [-0.3, -0.25) is 4.79 Å². The van der Waals surface area contributed by atoms with Crippen molar-refractivity contribution in [2.24, 2.45) is 0 Å². The maximum Gasteiger partial charge on any atom is 0.247 e. The highest BCUT2D eigenvalue weighted by molar-refractivity contribution is 5.90. The lowest BCUT2D eigenvalue weighted by molar-refractivity contribution is -0.130. The Morgan fingerprint density at radius 1 is 1.06 bits per heavy atom. The molecule has 2 aromatic carbocycles. The minimum absolute atomic E-state index is 0.0198. The zero-order valence-electron chi connectivity index (χ0n) is 18.4. The van der Waals surface area contributed by atoms with Crippen molar-refractivity contribution < 1.29 is 9.53 Å². The molecule has 1 aliphatic carbocycles. The Balaban J connectivity index is 1.55. The Morgan fingerprint density at radius 2 is 1.81 bits per heavy atom. The average molecular weight is 415 g/mol.